The van der Waals surface area contributed by atoms with Gasteiger partial charge in [0.15, 0.2) is 0 Å². The fraction of sp³-hybridized carbons (Fsp3) is 0.541. The molecule has 3 aliphatic rings. The standard InChI is InChI=1S/C37H49N5O4S/c1-23(2)17-30-22-46-33-21-32(34-24(3)9-7-10-25(34)4)39-36(40-33)41-47(44,45)31-12-8-11-26(18-31)35(43)42(30)29-19-28(20-29)38-27-13-15-37(5,6)16-14-27/h7-12,18,21,23,27-30,38H,13-17,19-20,22H2,1-6H3,(H,39,40,41)/t28?,29?,30-/m1/s1. The van der Waals surface area contributed by atoms with E-state index in [-0.39, 0.29) is 41.3 Å². The number of nitrogens with one attached hydrogen (secondary N) is 2. The van der Waals surface area contributed by atoms with Crippen LogP contribution in [0.2, 0.25) is 0 Å². The first kappa shape index (κ1) is 33.4. The van der Waals surface area contributed by atoms with Gasteiger partial charge in [-0.05, 0) is 99.5 Å². The molecule has 47 heavy (non-hydrogen) atoms. The van der Waals surface area contributed by atoms with Gasteiger partial charge in [-0.2, -0.15) is 4.98 Å². The SMILES string of the molecule is Cc1cccc(C)c1-c1cc2nc(n1)NS(=O)(=O)c1cccc(c1)C(=O)N(C1CC(NC3CCC(C)(C)CC3)C1)[C@H](CC(C)C)CO2. The topological polar surface area (TPSA) is 114 Å². The quantitative estimate of drug-likeness (QED) is 0.296. The number of amides is 1. The molecule has 1 aromatic heterocycles. The maximum atomic E-state index is 14.4. The highest BCUT2D eigenvalue weighted by molar-refractivity contribution is 7.92. The molecule has 2 aromatic carbocycles. The van der Waals surface area contributed by atoms with Gasteiger partial charge in [0.25, 0.3) is 15.9 Å². The van der Waals surface area contributed by atoms with Gasteiger partial charge in [-0.3, -0.25) is 4.79 Å². The van der Waals surface area contributed by atoms with Crippen molar-refractivity contribution in [3.8, 4) is 17.1 Å². The third-order valence-electron chi connectivity index (χ3n) is 10.2. The molecule has 2 aliphatic carbocycles. The first-order valence-corrected chi connectivity index (χ1v) is 18.6. The lowest BCUT2D eigenvalue weighted by Gasteiger charge is -2.48. The Balaban J connectivity index is 1.35. The number of benzene rings is 2. The van der Waals surface area contributed by atoms with Gasteiger partial charge in [0, 0.05) is 35.3 Å². The molecule has 9 nitrogen and oxygen atoms in total. The molecule has 3 aromatic rings. The normalized spacial score (nSPS) is 24.3. The minimum Gasteiger partial charge on any atom is -0.475 e. The zero-order valence-corrected chi connectivity index (χ0v) is 29.4. The van der Waals surface area contributed by atoms with Crippen LogP contribution in [0.1, 0.15) is 94.1 Å². The van der Waals surface area contributed by atoms with Gasteiger partial charge in [-0.25, -0.2) is 18.1 Å². The number of ether oxygens (including phenoxy) is 1. The van der Waals surface area contributed by atoms with Gasteiger partial charge >= 0.3 is 0 Å². The monoisotopic (exact) mass is 659 g/mol. The molecule has 2 fully saturated rings. The predicted molar refractivity (Wildman–Crippen MR) is 185 cm³/mol. The van der Waals surface area contributed by atoms with Crippen molar-refractivity contribution in [2.75, 3.05) is 11.3 Å². The number of hydrogen-bond acceptors (Lipinski definition) is 7. The van der Waals surface area contributed by atoms with E-state index in [0.717, 1.165) is 36.0 Å². The van der Waals surface area contributed by atoms with Crippen molar-refractivity contribution in [1.82, 2.24) is 20.2 Å². The van der Waals surface area contributed by atoms with Gasteiger partial charge in [0.05, 0.1) is 16.6 Å². The number of fused-ring (bicyclic) bond motifs is 4. The first-order chi connectivity index (χ1) is 22.3. The maximum Gasteiger partial charge on any atom is 0.264 e. The van der Waals surface area contributed by atoms with Gasteiger partial charge in [0.1, 0.15) is 6.61 Å². The molecule has 6 rings (SSSR count). The van der Waals surface area contributed by atoms with Gasteiger partial charge < -0.3 is 15.0 Å². The van der Waals surface area contributed by atoms with Crippen LogP contribution >= 0.6 is 0 Å². The van der Waals surface area contributed by atoms with E-state index in [2.05, 4.69) is 47.7 Å². The second-order valence-electron chi connectivity index (χ2n) is 15.0. The zero-order valence-electron chi connectivity index (χ0n) is 28.5. The van der Waals surface area contributed by atoms with Crippen molar-refractivity contribution in [2.45, 2.75) is 116 Å². The number of sulfonamides is 1. The van der Waals surface area contributed by atoms with Crippen LogP contribution in [-0.2, 0) is 10.0 Å². The number of hydrogen-bond donors (Lipinski definition) is 2. The lowest BCUT2D eigenvalue weighted by atomic mass is 9.74. The Hall–Kier alpha value is -3.50. The van der Waals surface area contributed by atoms with Crippen LogP contribution in [0.3, 0.4) is 0 Å². The summed E-state index contributed by atoms with van der Waals surface area (Å²) in [7, 11) is -4.11. The van der Waals surface area contributed by atoms with E-state index < -0.39 is 10.0 Å². The summed E-state index contributed by atoms with van der Waals surface area (Å²) >= 11 is 0. The number of anilines is 1. The van der Waals surface area contributed by atoms with Crippen molar-refractivity contribution < 1.29 is 17.9 Å². The lowest BCUT2D eigenvalue weighted by Crippen LogP contribution is -2.60. The summed E-state index contributed by atoms with van der Waals surface area (Å²) in [5, 5.41) is 3.89. The number of aryl methyl sites for hydroxylation is 2. The van der Waals surface area contributed by atoms with Crippen molar-refractivity contribution in [2.24, 2.45) is 11.3 Å². The van der Waals surface area contributed by atoms with E-state index in [4.69, 9.17) is 4.74 Å². The number of rotatable bonds is 6. The largest absolute Gasteiger partial charge is 0.475 e. The van der Waals surface area contributed by atoms with Crippen LogP contribution < -0.4 is 14.8 Å². The molecule has 0 radical (unpaired) electrons. The van der Waals surface area contributed by atoms with E-state index in [1.807, 2.05) is 36.9 Å². The van der Waals surface area contributed by atoms with E-state index >= 15 is 0 Å². The van der Waals surface area contributed by atoms with E-state index in [1.54, 1.807) is 18.2 Å². The zero-order chi connectivity index (χ0) is 33.5. The summed E-state index contributed by atoms with van der Waals surface area (Å²) < 4.78 is 36.3. The van der Waals surface area contributed by atoms with Crippen LogP contribution in [0.25, 0.3) is 11.3 Å². The lowest BCUT2D eigenvalue weighted by molar-refractivity contribution is 0.0186. The second kappa shape index (κ2) is 13.2. The number of aromatic nitrogens is 2. The Morgan fingerprint density at radius 1 is 1.00 bits per heavy atom. The Labute approximate surface area is 280 Å². The molecular formula is C37H49N5O4S. The van der Waals surface area contributed by atoms with Crippen molar-refractivity contribution >= 4 is 21.9 Å². The fourth-order valence-corrected chi connectivity index (χ4v) is 8.47. The van der Waals surface area contributed by atoms with Gasteiger partial charge in [-0.15, -0.1) is 0 Å². The first-order valence-electron chi connectivity index (χ1n) is 17.1. The fourth-order valence-electron chi connectivity index (χ4n) is 7.48. The minimum atomic E-state index is -4.11. The minimum absolute atomic E-state index is 0.0140. The summed E-state index contributed by atoms with van der Waals surface area (Å²) in [5.74, 6) is 0.310. The van der Waals surface area contributed by atoms with E-state index in [9.17, 15) is 13.2 Å². The van der Waals surface area contributed by atoms with E-state index in [1.165, 1.54) is 37.8 Å². The van der Waals surface area contributed by atoms with Crippen molar-refractivity contribution in [1.29, 1.82) is 0 Å². The highest BCUT2D eigenvalue weighted by Crippen LogP contribution is 2.38. The molecule has 252 valence electrons. The Bertz CT molecular complexity index is 1700. The molecule has 2 saturated carbocycles. The van der Waals surface area contributed by atoms with Crippen LogP contribution in [0.15, 0.2) is 53.4 Å². The molecule has 1 aliphatic heterocycles. The highest BCUT2D eigenvalue weighted by atomic mass is 32.2. The van der Waals surface area contributed by atoms with Crippen molar-refractivity contribution in [3.05, 3.63) is 65.2 Å². The molecule has 1 atom stereocenters. The summed E-state index contributed by atoms with van der Waals surface area (Å²) in [6.07, 6.45) is 7.26. The maximum absolute atomic E-state index is 14.4. The van der Waals surface area contributed by atoms with Crippen LogP contribution in [0.5, 0.6) is 5.88 Å². The molecular weight excluding hydrogens is 611 g/mol. The number of nitrogens with zero attached hydrogens (tertiary/aromatic N) is 3. The summed E-state index contributed by atoms with van der Waals surface area (Å²) in [5.41, 5.74) is 4.24. The summed E-state index contributed by atoms with van der Waals surface area (Å²) in [6, 6.07) is 14.7. The summed E-state index contributed by atoms with van der Waals surface area (Å²) in [6.45, 7) is 13.2. The average molecular weight is 660 g/mol. The third kappa shape index (κ3) is 7.49. The molecule has 4 bridgehead atoms. The van der Waals surface area contributed by atoms with Gasteiger partial charge in [0.2, 0.25) is 11.8 Å². The Morgan fingerprint density at radius 2 is 1.68 bits per heavy atom. The molecule has 10 heteroatoms. The van der Waals surface area contributed by atoms with Crippen LogP contribution in [0, 0.1) is 25.2 Å². The number of carbonyl (C=O) groups excluding carboxylic acids is 1. The van der Waals surface area contributed by atoms with Crippen molar-refractivity contribution in [3.63, 3.8) is 0 Å². The molecule has 0 unspecified atom stereocenters. The molecule has 1 amide bonds. The predicted octanol–water partition coefficient (Wildman–Crippen LogP) is 6.90. The Morgan fingerprint density at radius 3 is 2.36 bits per heavy atom. The molecule has 2 N–H and O–H groups in total. The molecule has 0 spiro atoms. The average Bonchev–Trinajstić information content (AvgIpc) is 2.98. The Kier molecular flexibility index (Phi) is 9.37. The smallest absolute Gasteiger partial charge is 0.264 e. The van der Waals surface area contributed by atoms with Crippen LogP contribution in [-0.4, -0.2) is 60.0 Å². The molecule has 0 saturated heterocycles. The second-order valence-corrected chi connectivity index (χ2v) is 16.7. The third-order valence-corrected chi connectivity index (χ3v) is 11.5. The summed E-state index contributed by atoms with van der Waals surface area (Å²) in [4.78, 5) is 25.5. The van der Waals surface area contributed by atoms with E-state index in [0.29, 0.717) is 34.7 Å². The van der Waals surface area contributed by atoms with Crippen LogP contribution in [0.4, 0.5) is 5.95 Å². The highest BCUT2D eigenvalue weighted by Gasteiger charge is 2.42. The van der Waals surface area contributed by atoms with Gasteiger partial charge in [-0.1, -0.05) is 52.0 Å². The molecule has 2 heterocycles. The number of carbonyl (C=O) groups is 1.